The highest BCUT2D eigenvalue weighted by molar-refractivity contribution is 8.13. The third-order valence-corrected chi connectivity index (χ3v) is 6.89. The average Bonchev–Trinajstić information content (AvgIpc) is 2.62. The SMILES string of the molecule is CCCCCCCC(=O)SCCC[SiH2]COCOCCN(CC)CC. The second-order valence-corrected chi connectivity index (χ2v) is 9.38. The zero-order valence-corrected chi connectivity index (χ0v) is 19.1. The molecule has 0 heterocycles. The topological polar surface area (TPSA) is 38.8 Å². The molecule has 0 spiro atoms. The number of unbranched alkanes of at least 4 members (excludes halogenated alkanes) is 4. The molecule has 0 aromatic heterocycles. The highest BCUT2D eigenvalue weighted by Gasteiger charge is 2.02. The van der Waals surface area contributed by atoms with E-state index in [0.717, 1.165) is 57.5 Å². The monoisotopic (exact) mass is 391 g/mol. The predicted molar refractivity (Wildman–Crippen MR) is 113 cm³/mol. The van der Waals surface area contributed by atoms with Crippen LogP contribution in [0, 0.1) is 0 Å². The highest BCUT2D eigenvalue weighted by atomic mass is 32.2. The number of nitrogens with zero attached hydrogens (tertiary/aromatic N) is 1. The van der Waals surface area contributed by atoms with Gasteiger partial charge in [0, 0.05) is 24.9 Å². The minimum Gasteiger partial charge on any atom is -0.359 e. The molecule has 0 N–H and O–H groups in total. The number of hydrogen-bond acceptors (Lipinski definition) is 5. The fraction of sp³-hybridized carbons (Fsp3) is 0.947. The Morgan fingerprint density at radius 2 is 1.76 bits per heavy atom. The number of rotatable bonds is 19. The molecule has 4 nitrogen and oxygen atoms in total. The Labute approximate surface area is 162 Å². The van der Waals surface area contributed by atoms with Crippen molar-refractivity contribution >= 4 is 26.4 Å². The van der Waals surface area contributed by atoms with E-state index in [9.17, 15) is 4.79 Å². The maximum absolute atomic E-state index is 11.7. The van der Waals surface area contributed by atoms with Crippen LogP contribution >= 0.6 is 11.8 Å². The average molecular weight is 392 g/mol. The lowest BCUT2D eigenvalue weighted by Crippen LogP contribution is -2.27. The Morgan fingerprint density at radius 1 is 1.00 bits per heavy atom. The smallest absolute Gasteiger partial charge is 0.188 e. The standard InChI is InChI=1S/C19H41NO3SSi/c1-4-7-8-9-10-12-19(21)24-15-11-16-25-18-23-17-22-14-13-20(5-2)6-3/h4-18,25H2,1-3H3. The van der Waals surface area contributed by atoms with Crippen LogP contribution in [0.15, 0.2) is 0 Å². The fourth-order valence-corrected chi connectivity index (χ4v) is 4.88. The first-order valence-corrected chi connectivity index (χ1v) is 13.3. The summed E-state index contributed by atoms with van der Waals surface area (Å²) in [7, 11) is -0.155. The van der Waals surface area contributed by atoms with E-state index in [4.69, 9.17) is 9.47 Å². The van der Waals surface area contributed by atoms with E-state index < -0.39 is 0 Å². The molecule has 0 radical (unpaired) electrons. The Balaban J connectivity index is 3.19. The third kappa shape index (κ3) is 18.7. The number of hydrogen-bond donors (Lipinski definition) is 0. The Morgan fingerprint density at radius 3 is 2.48 bits per heavy atom. The second-order valence-electron chi connectivity index (χ2n) is 6.41. The fourth-order valence-electron chi connectivity index (χ4n) is 2.52. The van der Waals surface area contributed by atoms with Crippen molar-refractivity contribution in [2.24, 2.45) is 0 Å². The van der Waals surface area contributed by atoms with Crippen LogP contribution in [0.1, 0.15) is 65.7 Å². The van der Waals surface area contributed by atoms with E-state index in [-0.39, 0.29) is 9.52 Å². The van der Waals surface area contributed by atoms with Gasteiger partial charge in [-0.2, -0.15) is 0 Å². The summed E-state index contributed by atoms with van der Waals surface area (Å²) in [6, 6.07) is 1.26. The van der Waals surface area contributed by atoms with Crippen molar-refractivity contribution in [2.75, 3.05) is 45.0 Å². The summed E-state index contributed by atoms with van der Waals surface area (Å²) in [5.74, 6) is 0.987. The van der Waals surface area contributed by atoms with Gasteiger partial charge in [-0.05, 0) is 25.9 Å². The molecule has 6 heteroatoms. The van der Waals surface area contributed by atoms with Gasteiger partial charge in [0.25, 0.3) is 0 Å². The van der Waals surface area contributed by atoms with E-state index in [1.807, 2.05) is 0 Å². The van der Waals surface area contributed by atoms with Gasteiger partial charge in [-0.15, -0.1) is 0 Å². The molecular formula is C19H41NO3SSi. The van der Waals surface area contributed by atoms with E-state index in [2.05, 4.69) is 25.7 Å². The van der Waals surface area contributed by atoms with E-state index >= 15 is 0 Å². The maximum Gasteiger partial charge on any atom is 0.188 e. The summed E-state index contributed by atoms with van der Waals surface area (Å²) in [6.45, 7) is 10.9. The molecule has 0 amide bonds. The molecule has 0 fully saturated rings. The molecule has 0 aromatic carbocycles. The van der Waals surface area contributed by atoms with Gasteiger partial charge in [0.05, 0.1) is 16.1 Å². The molecular weight excluding hydrogens is 350 g/mol. The van der Waals surface area contributed by atoms with Crippen molar-refractivity contribution in [2.45, 2.75) is 71.8 Å². The van der Waals surface area contributed by atoms with Crippen LogP contribution in [0.2, 0.25) is 6.04 Å². The van der Waals surface area contributed by atoms with Gasteiger partial charge >= 0.3 is 0 Å². The summed E-state index contributed by atoms with van der Waals surface area (Å²) in [5, 5.41) is 0.385. The molecule has 150 valence electrons. The largest absolute Gasteiger partial charge is 0.359 e. The lowest BCUT2D eigenvalue weighted by molar-refractivity contribution is -0.111. The number of ether oxygens (including phenoxy) is 2. The van der Waals surface area contributed by atoms with Crippen LogP contribution in [0.25, 0.3) is 0 Å². The number of carbonyl (C=O) groups excluding carboxylic acids is 1. The zero-order chi connectivity index (χ0) is 18.6. The van der Waals surface area contributed by atoms with Crippen molar-refractivity contribution in [3.8, 4) is 0 Å². The Bertz CT molecular complexity index is 292. The summed E-state index contributed by atoms with van der Waals surface area (Å²) in [5.41, 5.74) is 0. The molecule has 0 bridgehead atoms. The highest BCUT2D eigenvalue weighted by Crippen LogP contribution is 2.13. The van der Waals surface area contributed by atoms with Crippen LogP contribution in [0.3, 0.4) is 0 Å². The van der Waals surface area contributed by atoms with Gasteiger partial charge < -0.3 is 14.4 Å². The van der Waals surface area contributed by atoms with Crippen molar-refractivity contribution in [3.05, 3.63) is 0 Å². The van der Waals surface area contributed by atoms with Gasteiger partial charge in [0.15, 0.2) is 5.12 Å². The minimum absolute atomic E-state index is 0.155. The molecule has 0 saturated heterocycles. The Hall–Kier alpha value is 0.117. The van der Waals surface area contributed by atoms with Crippen LogP contribution in [-0.2, 0) is 14.3 Å². The second kappa shape index (κ2) is 20.4. The number of likely N-dealkylation sites (N-methyl/N-ethyl adjacent to an activating group) is 1. The first kappa shape index (κ1) is 25.1. The molecule has 0 atom stereocenters. The molecule has 0 unspecified atom stereocenters. The summed E-state index contributed by atoms with van der Waals surface area (Å²) in [4.78, 5) is 14.1. The first-order valence-electron chi connectivity index (χ1n) is 10.3. The minimum atomic E-state index is -0.155. The molecule has 25 heavy (non-hydrogen) atoms. The van der Waals surface area contributed by atoms with Crippen LogP contribution < -0.4 is 0 Å². The van der Waals surface area contributed by atoms with Crippen molar-refractivity contribution < 1.29 is 14.3 Å². The molecule has 0 saturated carbocycles. The van der Waals surface area contributed by atoms with Gasteiger partial charge in [-0.3, -0.25) is 4.79 Å². The molecule has 0 aromatic rings. The lowest BCUT2D eigenvalue weighted by Gasteiger charge is -2.17. The van der Waals surface area contributed by atoms with Crippen molar-refractivity contribution in [1.82, 2.24) is 4.90 Å². The molecule has 0 aliphatic heterocycles. The van der Waals surface area contributed by atoms with Crippen molar-refractivity contribution in [3.63, 3.8) is 0 Å². The predicted octanol–water partition coefficient (Wildman–Crippen LogP) is 3.87. The van der Waals surface area contributed by atoms with Crippen molar-refractivity contribution in [1.29, 1.82) is 0 Å². The third-order valence-electron chi connectivity index (χ3n) is 4.29. The van der Waals surface area contributed by atoms with Crippen LogP contribution in [0.5, 0.6) is 0 Å². The normalized spacial score (nSPS) is 11.8. The summed E-state index contributed by atoms with van der Waals surface area (Å²) < 4.78 is 11.0. The van der Waals surface area contributed by atoms with Gasteiger partial charge in [0.1, 0.15) is 6.79 Å². The molecule has 0 rings (SSSR count). The van der Waals surface area contributed by atoms with Gasteiger partial charge in [0.2, 0.25) is 0 Å². The summed E-state index contributed by atoms with van der Waals surface area (Å²) in [6.07, 6.45) is 8.93. The van der Waals surface area contributed by atoms with Crippen LogP contribution in [-0.4, -0.2) is 64.6 Å². The van der Waals surface area contributed by atoms with Gasteiger partial charge in [-0.1, -0.05) is 64.3 Å². The van der Waals surface area contributed by atoms with Crippen LogP contribution in [0.4, 0.5) is 0 Å². The molecule has 0 aliphatic rings. The first-order chi connectivity index (χ1) is 12.2. The zero-order valence-electron chi connectivity index (χ0n) is 16.9. The van der Waals surface area contributed by atoms with E-state index in [0.29, 0.717) is 11.9 Å². The number of carbonyl (C=O) groups is 1. The Kier molecular flexibility index (Phi) is 20.5. The maximum atomic E-state index is 11.7. The number of thioether (sulfide) groups is 1. The lowest BCUT2D eigenvalue weighted by atomic mass is 10.1. The van der Waals surface area contributed by atoms with E-state index in [1.165, 1.54) is 43.5 Å². The summed E-state index contributed by atoms with van der Waals surface area (Å²) >= 11 is 1.54. The van der Waals surface area contributed by atoms with E-state index in [1.54, 1.807) is 0 Å². The molecule has 0 aliphatic carbocycles. The quantitative estimate of drug-likeness (QED) is 0.190. The van der Waals surface area contributed by atoms with Gasteiger partial charge in [-0.25, -0.2) is 0 Å².